The van der Waals surface area contributed by atoms with E-state index in [0.29, 0.717) is 18.6 Å². The summed E-state index contributed by atoms with van der Waals surface area (Å²) in [6.45, 7) is 5.51. The van der Waals surface area contributed by atoms with E-state index >= 15 is 0 Å². The van der Waals surface area contributed by atoms with Gasteiger partial charge in [0.15, 0.2) is 0 Å². The number of piperazine rings is 1. The largest absolute Gasteiger partial charge is 0.343 e. The summed E-state index contributed by atoms with van der Waals surface area (Å²) in [5, 5.41) is 2.69. The lowest BCUT2D eigenvalue weighted by Gasteiger charge is -2.41. The molecule has 5 nitrogen and oxygen atoms in total. The van der Waals surface area contributed by atoms with E-state index in [9.17, 15) is 13.8 Å². The monoisotopic (exact) mass is 274 g/mol. The molecule has 1 heterocycles. The molecule has 0 aromatic heterocycles. The molecule has 1 aliphatic rings. The summed E-state index contributed by atoms with van der Waals surface area (Å²) in [4.78, 5) is 25.7. The van der Waals surface area contributed by atoms with Crippen molar-refractivity contribution in [3.63, 3.8) is 0 Å². The predicted octanol–water partition coefficient (Wildman–Crippen LogP) is 0.269. The molecule has 0 aromatic carbocycles. The third-order valence-corrected chi connectivity index (χ3v) is 4.12. The van der Waals surface area contributed by atoms with Crippen LogP contribution in [0.25, 0.3) is 0 Å². The lowest BCUT2D eigenvalue weighted by atomic mass is 10.0. The van der Waals surface area contributed by atoms with Crippen LogP contribution in [0.3, 0.4) is 0 Å². The van der Waals surface area contributed by atoms with E-state index in [2.05, 4.69) is 5.32 Å². The van der Waals surface area contributed by atoms with Crippen molar-refractivity contribution in [1.82, 2.24) is 10.2 Å². The van der Waals surface area contributed by atoms with Crippen molar-refractivity contribution in [2.24, 2.45) is 0 Å². The Balaban J connectivity index is 2.82. The van der Waals surface area contributed by atoms with Crippen LogP contribution in [0.5, 0.6) is 0 Å². The molecular weight excluding hydrogens is 252 g/mol. The Labute approximate surface area is 111 Å². The van der Waals surface area contributed by atoms with Crippen molar-refractivity contribution in [1.29, 1.82) is 0 Å². The molecule has 4 unspecified atom stereocenters. The molecule has 104 valence electrons. The topological polar surface area (TPSA) is 66.5 Å². The van der Waals surface area contributed by atoms with Gasteiger partial charge in [0.1, 0.15) is 12.1 Å². The van der Waals surface area contributed by atoms with Crippen molar-refractivity contribution in [2.45, 2.75) is 51.7 Å². The summed E-state index contributed by atoms with van der Waals surface area (Å²) in [6, 6.07) is -0.913. The van der Waals surface area contributed by atoms with Gasteiger partial charge in [0.2, 0.25) is 11.8 Å². The molecule has 18 heavy (non-hydrogen) atoms. The highest BCUT2D eigenvalue weighted by molar-refractivity contribution is 7.84. The Morgan fingerprint density at radius 1 is 1.44 bits per heavy atom. The number of nitrogens with zero attached hydrogens (tertiary/aromatic N) is 1. The lowest BCUT2D eigenvalue weighted by Crippen LogP contribution is -2.64. The van der Waals surface area contributed by atoms with Crippen LogP contribution in [0.1, 0.15) is 33.6 Å². The van der Waals surface area contributed by atoms with E-state index in [0.717, 1.165) is 0 Å². The number of carbonyl (C=O) groups excluding carboxylic acids is 2. The second-order valence-corrected chi connectivity index (χ2v) is 6.37. The van der Waals surface area contributed by atoms with Gasteiger partial charge in [-0.2, -0.15) is 0 Å². The highest BCUT2D eigenvalue weighted by atomic mass is 32.2. The van der Waals surface area contributed by atoms with Gasteiger partial charge < -0.3 is 10.2 Å². The molecule has 1 saturated heterocycles. The number of rotatable bonds is 5. The summed E-state index contributed by atoms with van der Waals surface area (Å²) >= 11 is 0. The van der Waals surface area contributed by atoms with Crippen LogP contribution in [0, 0.1) is 0 Å². The molecule has 0 aromatic rings. The number of amides is 2. The normalized spacial score (nSPS) is 27.9. The Kier molecular flexibility index (Phi) is 5.31. The Hall–Kier alpha value is -0.910. The highest BCUT2D eigenvalue weighted by Crippen LogP contribution is 2.18. The van der Waals surface area contributed by atoms with Crippen LogP contribution in [0.15, 0.2) is 0 Å². The van der Waals surface area contributed by atoms with E-state index in [1.165, 1.54) is 0 Å². The quantitative estimate of drug-likeness (QED) is 0.782. The number of hydrogen-bond acceptors (Lipinski definition) is 3. The minimum Gasteiger partial charge on any atom is -0.343 e. The Morgan fingerprint density at radius 3 is 2.56 bits per heavy atom. The maximum Gasteiger partial charge on any atom is 0.245 e. The summed E-state index contributed by atoms with van der Waals surface area (Å²) in [5.41, 5.74) is 0. The molecule has 2 amide bonds. The summed E-state index contributed by atoms with van der Waals surface area (Å²) in [7, 11) is -0.871. The third kappa shape index (κ3) is 3.31. The number of carbonyl (C=O) groups is 2. The van der Waals surface area contributed by atoms with Gasteiger partial charge in [-0.1, -0.05) is 6.92 Å². The standard InChI is InChI=1S/C12H22N2O3S/c1-5-10-11(15)13-9(3)12(16)14(10)8(2)6-7-18(4)17/h8-10H,5-7H2,1-4H3,(H,13,15). The zero-order chi connectivity index (χ0) is 13.9. The van der Waals surface area contributed by atoms with Crippen molar-refractivity contribution in [2.75, 3.05) is 12.0 Å². The van der Waals surface area contributed by atoms with Crippen LogP contribution in [-0.4, -0.2) is 51.1 Å². The van der Waals surface area contributed by atoms with Crippen molar-refractivity contribution >= 4 is 22.6 Å². The average Bonchev–Trinajstić information content (AvgIpc) is 2.30. The van der Waals surface area contributed by atoms with E-state index in [4.69, 9.17) is 0 Å². The van der Waals surface area contributed by atoms with Gasteiger partial charge in [-0.05, 0) is 26.7 Å². The van der Waals surface area contributed by atoms with Crippen LogP contribution < -0.4 is 5.32 Å². The first-order chi connectivity index (χ1) is 8.38. The Morgan fingerprint density at radius 2 is 2.06 bits per heavy atom. The molecule has 4 atom stereocenters. The number of hydrogen-bond donors (Lipinski definition) is 1. The Bertz CT molecular complexity index is 359. The van der Waals surface area contributed by atoms with Gasteiger partial charge in [-0.3, -0.25) is 13.8 Å². The molecular formula is C12H22N2O3S. The van der Waals surface area contributed by atoms with Crippen LogP contribution >= 0.6 is 0 Å². The first kappa shape index (κ1) is 15.1. The summed E-state index contributed by atoms with van der Waals surface area (Å²) in [5.74, 6) is 0.419. The van der Waals surface area contributed by atoms with Crippen LogP contribution in [0.4, 0.5) is 0 Å². The molecule has 0 aliphatic carbocycles. The third-order valence-electron chi connectivity index (χ3n) is 3.31. The van der Waals surface area contributed by atoms with Gasteiger partial charge in [0.05, 0.1) is 0 Å². The van der Waals surface area contributed by atoms with Crippen molar-refractivity contribution in [3.05, 3.63) is 0 Å². The number of nitrogens with one attached hydrogen (secondary N) is 1. The first-order valence-electron chi connectivity index (χ1n) is 6.31. The molecule has 1 fully saturated rings. The van der Waals surface area contributed by atoms with E-state index in [1.807, 2.05) is 13.8 Å². The molecule has 0 spiro atoms. The summed E-state index contributed by atoms with van der Waals surface area (Å²) in [6.07, 6.45) is 2.91. The minimum atomic E-state index is -0.871. The molecule has 0 radical (unpaired) electrons. The van der Waals surface area contributed by atoms with Crippen molar-refractivity contribution in [3.8, 4) is 0 Å². The predicted molar refractivity (Wildman–Crippen MR) is 71.5 cm³/mol. The maximum absolute atomic E-state index is 12.2. The fraction of sp³-hybridized carbons (Fsp3) is 0.833. The second-order valence-electron chi connectivity index (χ2n) is 4.81. The summed E-state index contributed by atoms with van der Waals surface area (Å²) < 4.78 is 11.1. The van der Waals surface area contributed by atoms with Gasteiger partial charge in [-0.15, -0.1) is 0 Å². The molecule has 0 saturated carbocycles. The zero-order valence-electron chi connectivity index (χ0n) is 11.4. The highest BCUT2D eigenvalue weighted by Gasteiger charge is 2.39. The second kappa shape index (κ2) is 6.31. The smallest absolute Gasteiger partial charge is 0.245 e. The molecule has 1 rings (SSSR count). The van der Waals surface area contributed by atoms with E-state index in [1.54, 1.807) is 18.1 Å². The van der Waals surface area contributed by atoms with E-state index < -0.39 is 22.9 Å². The first-order valence-corrected chi connectivity index (χ1v) is 8.03. The van der Waals surface area contributed by atoms with Crippen molar-refractivity contribution < 1.29 is 13.8 Å². The zero-order valence-corrected chi connectivity index (χ0v) is 12.3. The van der Waals surface area contributed by atoms with Gasteiger partial charge in [0.25, 0.3) is 0 Å². The molecule has 1 aliphatic heterocycles. The van der Waals surface area contributed by atoms with Gasteiger partial charge >= 0.3 is 0 Å². The average molecular weight is 274 g/mol. The lowest BCUT2D eigenvalue weighted by molar-refractivity contribution is -0.151. The SMILES string of the molecule is CCC1C(=O)NC(C)C(=O)N1C(C)CCS(C)=O. The van der Waals surface area contributed by atoms with Gasteiger partial charge in [-0.25, -0.2) is 0 Å². The van der Waals surface area contributed by atoms with Crippen LogP contribution in [-0.2, 0) is 20.4 Å². The van der Waals surface area contributed by atoms with Gasteiger partial charge in [0, 0.05) is 28.9 Å². The fourth-order valence-electron chi connectivity index (χ4n) is 2.26. The van der Waals surface area contributed by atoms with Crippen LogP contribution in [0.2, 0.25) is 0 Å². The molecule has 0 bridgehead atoms. The fourth-order valence-corrected chi connectivity index (χ4v) is 2.93. The van der Waals surface area contributed by atoms with E-state index in [-0.39, 0.29) is 17.9 Å². The minimum absolute atomic E-state index is 0.0455. The maximum atomic E-state index is 12.2. The molecule has 1 N–H and O–H groups in total. The molecule has 6 heteroatoms.